The third-order valence-corrected chi connectivity index (χ3v) is 4.57. The van der Waals surface area contributed by atoms with E-state index in [9.17, 15) is 9.59 Å². The highest BCUT2D eigenvalue weighted by atomic mass is 16.2. The molecule has 0 aliphatic carbocycles. The number of hydrogen-bond donors (Lipinski definition) is 0. The van der Waals surface area contributed by atoms with Crippen molar-refractivity contribution in [3.05, 3.63) is 29.8 Å². The van der Waals surface area contributed by atoms with Gasteiger partial charge in [-0.15, -0.1) is 0 Å². The van der Waals surface area contributed by atoms with Crippen molar-refractivity contribution in [3.8, 4) is 0 Å². The van der Waals surface area contributed by atoms with Crippen molar-refractivity contribution in [2.45, 2.75) is 38.1 Å². The van der Waals surface area contributed by atoms with Crippen LogP contribution in [-0.4, -0.2) is 42.8 Å². The highest BCUT2D eigenvalue weighted by Crippen LogP contribution is 2.27. The predicted octanol–water partition coefficient (Wildman–Crippen LogP) is 2.02. The molecule has 2 heterocycles. The fourth-order valence-electron chi connectivity index (χ4n) is 3.42. The van der Waals surface area contributed by atoms with Crippen molar-refractivity contribution in [2.75, 3.05) is 24.5 Å². The van der Waals surface area contributed by atoms with Gasteiger partial charge in [-0.2, -0.15) is 0 Å². The number of carbonyl (C=O) groups is 2. The number of benzene rings is 1. The molecule has 1 aromatic carbocycles. The van der Waals surface area contributed by atoms with E-state index in [4.69, 9.17) is 0 Å². The number of amides is 1. The van der Waals surface area contributed by atoms with Crippen LogP contribution < -0.4 is 4.90 Å². The minimum absolute atomic E-state index is 0.0808. The van der Waals surface area contributed by atoms with Gasteiger partial charge in [0.2, 0.25) is 5.91 Å². The zero-order valence-electron chi connectivity index (χ0n) is 12.3. The Morgan fingerprint density at radius 1 is 1.19 bits per heavy atom. The van der Waals surface area contributed by atoms with Crippen molar-refractivity contribution < 1.29 is 9.59 Å². The molecule has 1 atom stereocenters. The Balaban J connectivity index is 1.72. The molecular formula is C17H22N2O2. The lowest BCUT2D eigenvalue weighted by molar-refractivity contribution is -0.122. The molecule has 4 nitrogen and oxygen atoms in total. The van der Waals surface area contributed by atoms with Crippen molar-refractivity contribution >= 4 is 17.9 Å². The number of fused-ring (bicyclic) bond motifs is 1. The molecule has 1 unspecified atom stereocenters. The van der Waals surface area contributed by atoms with Crippen molar-refractivity contribution in [2.24, 2.45) is 0 Å². The maximum atomic E-state index is 12.7. The average molecular weight is 286 g/mol. The first-order chi connectivity index (χ1) is 10.3. The summed E-state index contributed by atoms with van der Waals surface area (Å²) in [6, 6.07) is 8.06. The lowest BCUT2D eigenvalue weighted by atomic mass is 10.0. The molecule has 2 aliphatic heterocycles. The second kappa shape index (κ2) is 6.39. The maximum absolute atomic E-state index is 12.7. The minimum atomic E-state index is -0.0808. The Kier molecular flexibility index (Phi) is 4.34. The zero-order valence-corrected chi connectivity index (χ0v) is 12.3. The summed E-state index contributed by atoms with van der Waals surface area (Å²) >= 11 is 0. The molecule has 4 heteroatoms. The molecular weight excluding hydrogens is 264 g/mol. The van der Waals surface area contributed by atoms with Gasteiger partial charge in [-0.3, -0.25) is 9.69 Å². The molecule has 21 heavy (non-hydrogen) atoms. The average Bonchev–Trinajstić information content (AvgIpc) is 2.54. The number of anilines is 1. The Morgan fingerprint density at radius 3 is 2.90 bits per heavy atom. The number of piperidine rings is 1. The Labute approximate surface area is 125 Å². The monoisotopic (exact) mass is 286 g/mol. The van der Waals surface area contributed by atoms with E-state index in [1.807, 2.05) is 28.0 Å². The number of aldehydes is 1. The summed E-state index contributed by atoms with van der Waals surface area (Å²) in [5, 5.41) is 0. The summed E-state index contributed by atoms with van der Waals surface area (Å²) < 4.78 is 0. The SMILES string of the molecule is O=CC1CCCCN1CC(=O)N1CCCc2ccccc21. The lowest BCUT2D eigenvalue weighted by Crippen LogP contribution is -2.48. The van der Waals surface area contributed by atoms with Gasteiger partial charge in [0.05, 0.1) is 12.6 Å². The van der Waals surface area contributed by atoms with Crippen LogP contribution in [0.3, 0.4) is 0 Å². The first-order valence-corrected chi connectivity index (χ1v) is 7.87. The standard InChI is InChI=1S/C17H22N2O2/c20-13-15-8-3-4-10-18(15)12-17(21)19-11-5-7-14-6-1-2-9-16(14)19/h1-2,6,9,13,15H,3-5,7-8,10-12H2. The summed E-state index contributed by atoms with van der Waals surface area (Å²) in [6.07, 6.45) is 6.10. The molecule has 0 spiro atoms. The summed E-state index contributed by atoms with van der Waals surface area (Å²) in [5.41, 5.74) is 2.30. The van der Waals surface area contributed by atoms with Gasteiger partial charge in [0, 0.05) is 12.2 Å². The molecule has 0 bridgehead atoms. The first kappa shape index (κ1) is 14.3. The summed E-state index contributed by atoms with van der Waals surface area (Å²) in [6.45, 7) is 2.00. The van der Waals surface area contributed by atoms with Crippen LogP contribution in [-0.2, 0) is 16.0 Å². The fourth-order valence-corrected chi connectivity index (χ4v) is 3.42. The molecule has 112 valence electrons. The third kappa shape index (κ3) is 3.00. The van der Waals surface area contributed by atoms with Crippen LogP contribution in [0.1, 0.15) is 31.2 Å². The van der Waals surface area contributed by atoms with E-state index >= 15 is 0 Å². The van der Waals surface area contributed by atoms with Crippen molar-refractivity contribution in [3.63, 3.8) is 0 Å². The van der Waals surface area contributed by atoms with Gasteiger partial charge in [-0.1, -0.05) is 24.6 Å². The van der Waals surface area contributed by atoms with Crippen LogP contribution in [0.25, 0.3) is 0 Å². The molecule has 2 aliphatic rings. The molecule has 0 aromatic heterocycles. The molecule has 0 N–H and O–H groups in total. The normalized spacial score (nSPS) is 22.7. The van der Waals surface area contributed by atoms with Gasteiger partial charge < -0.3 is 9.69 Å². The molecule has 3 rings (SSSR count). The number of para-hydroxylation sites is 1. The Bertz CT molecular complexity index is 529. The van der Waals surface area contributed by atoms with Gasteiger partial charge in [-0.05, 0) is 43.9 Å². The number of carbonyl (C=O) groups excluding carboxylic acids is 2. The van der Waals surface area contributed by atoms with Crippen LogP contribution in [0.5, 0.6) is 0 Å². The van der Waals surface area contributed by atoms with Crippen LogP contribution in [0.4, 0.5) is 5.69 Å². The Morgan fingerprint density at radius 2 is 2.05 bits per heavy atom. The van der Waals surface area contributed by atoms with E-state index < -0.39 is 0 Å². The van der Waals surface area contributed by atoms with Crippen LogP contribution >= 0.6 is 0 Å². The smallest absolute Gasteiger partial charge is 0.241 e. The highest BCUT2D eigenvalue weighted by Gasteiger charge is 2.28. The van der Waals surface area contributed by atoms with Gasteiger partial charge >= 0.3 is 0 Å². The van der Waals surface area contributed by atoms with E-state index in [2.05, 4.69) is 6.07 Å². The number of aryl methyl sites for hydroxylation is 1. The van der Waals surface area contributed by atoms with Gasteiger partial charge in [-0.25, -0.2) is 0 Å². The fraction of sp³-hybridized carbons (Fsp3) is 0.529. The van der Waals surface area contributed by atoms with Crippen molar-refractivity contribution in [1.29, 1.82) is 0 Å². The van der Waals surface area contributed by atoms with E-state index in [1.54, 1.807) is 0 Å². The van der Waals surface area contributed by atoms with Gasteiger partial charge in [0.15, 0.2) is 0 Å². The third-order valence-electron chi connectivity index (χ3n) is 4.57. The Hall–Kier alpha value is -1.68. The lowest BCUT2D eigenvalue weighted by Gasteiger charge is -2.35. The van der Waals surface area contributed by atoms with Crippen LogP contribution in [0, 0.1) is 0 Å². The molecule has 1 saturated heterocycles. The largest absolute Gasteiger partial charge is 0.311 e. The second-order valence-corrected chi connectivity index (χ2v) is 5.95. The maximum Gasteiger partial charge on any atom is 0.241 e. The number of nitrogens with zero attached hydrogens (tertiary/aromatic N) is 2. The topological polar surface area (TPSA) is 40.6 Å². The first-order valence-electron chi connectivity index (χ1n) is 7.87. The molecule has 0 radical (unpaired) electrons. The number of likely N-dealkylation sites (tertiary alicyclic amines) is 1. The van der Waals surface area contributed by atoms with E-state index in [-0.39, 0.29) is 11.9 Å². The second-order valence-electron chi connectivity index (χ2n) is 5.95. The summed E-state index contributed by atoms with van der Waals surface area (Å²) in [4.78, 5) is 27.8. The predicted molar refractivity (Wildman–Crippen MR) is 82.4 cm³/mol. The molecule has 1 aromatic rings. The molecule has 0 saturated carbocycles. The summed E-state index contributed by atoms with van der Waals surface area (Å²) in [5.74, 6) is 0.121. The number of rotatable bonds is 3. The van der Waals surface area contributed by atoms with E-state index in [1.165, 1.54) is 5.56 Å². The van der Waals surface area contributed by atoms with E-state index in [0.717, 1.165) is 57.2 Å². The van der Waals surface area contributed by atoms with E-state index in [0.29, 0.717) is 6.54 Å². The minimum Gasteiger partial charge on any atom is -0.311 e. The van der Waals surface area contributed by atoms with Gasteiger partial charge in [0.25, 0.3) is 0 Å². The van der Waals surface area contributed by atoms with Crippen LogP contribution in [0.2, 0.25) is 0 Å². The highest BCUT2D eigenvalue weighted by molar-refractivity contribution is 5.96. The van der Waals surface area contributed by atoms with Crippen molar-refractivity contribution in [1.82, 2.24) is 4.90 Å². The quantitative estimate of drug-likeness (QED) is 0.798. The van der Waals surface area contributed by atoms with Crippen LogP contribution in [0.15, 0.2) is 24.3 Å². The van der Waals surface area contributed by atoms with Gasteiger partial charge in [0.1, 0.15) is 6.29 Å². The number of hydrogen-bond acceptors (Lipinski definition) is 3. The molecule has 1 fully saturated rings. The summed E-state index contributed by atoms with van der Waals surface area (Å²) in [7, 11) is 0. The zero-order chi connectivity index (χ0) is 14.7. The molecule has 1 amide bonds.